The highest BCUT2D eigenvalue weighted by molar-refractivity contribution is 5.87. The molecule has 2 N–H and O–H groups in total. The molecule has 0 aliphatic carbocycles. The number of hydrogen-bond acceptors (Lipinski definition) is 3. The maximum atomic E-state index is 5.75. The second-order valence-corrected chi connectivity index (χ2v) is 4.12. The standard InChI is InChI=1S/C15H18N2O/c1-2-3-6-9-18-15-14-8-5-4-7-12(14)10-13(11-16)17-15/h2,4-5,7-8,10H,1,3,6,9,11,16H2. The van der Waals surface area contributed by atoms with Crippen LogP contribution in [0.2, 0.25) is 0 Å². The smallest absolute Gasteiger partial charge is 0.221 e. The van der Waals surface area contributed by atoms with Crippen molar-refractivity contribution in [1.29, 1.82) is 0 Å². The van der Waals surface area contributed by atoms with Crippen LogP contribution in [0.5, 0.6) is 5.88 Å². The minimum Gasteiger partial charge on any atom is -0.477 e. The van der Waals surface area contributed by atoms with Crippen molar-refractivity contribution in [3.63, 3.8) is 0 Å². The highest BCUT2D eigenvalue weighted by Crippen LogP contribution is 2.24. The van der Waals surface area contributed by atoms with Gasteiger partial charge in [-0.15, -0.1) is 6.58 Å². The molecule has 0 saturated carbocycles. The molecule has 3 nitrogen and oxygen atoms in total. The van der Waals surface area contributed by atoms with E-state index in [0.717, 1.165) is 29.3 Å². The van der Waals surface area contributed by atoms with Gasteiger partial charge in [-0.1, -0.05) is 24.3 Å². The van der Waals surface area contributed by atoms with Crippen LogP contribution in [0.1, 0.15) is 18.5 Å². The maximum absolute atomic E-state index is 5.75. The maximum Gasteiger partial charge on any atom is 0.221 e. The highest BCUT2D eigenvalue weighted by Gasteiger charge is 2.05. The minimum atomic E-state index is 0.424. The molecule has 0 radical (unpaired) electrons. The molecule has 0 unspecified atom stereocenters. The normalized spacial score (nSPS) is 10.5. The number of allylic oxidation sites excluding steroid dienone is 1. The molecule has 3 heteroatoms. The number of pyridine rings is 1. The predicted octanol–water partition coefficient (Wildman–Crippen LogP) is 3.04. The van der Waals surface area contributed by atoms with Crippen molar-refractivity contribution in [3.05, 3.63) is 48.7 Å². The molecule has 2 aromatic rings. The third kappa shape index (κ3) is 2.87. The quantitative estimate of drug-likeness (QED) is 0.625. The number of nitrogens with zero attached hydrogens (tertiary/aromatic N) is 1. The number of benzene rings is 1. The first-order valence-corrected chi connectivity index (χ1v) is 6.17. The van der Waals surface area contributed by atoms with Gasteiger partial charge in [-0.2, -0.15) is 0 Å². The number of fused-ring (bicyclic) bond motifs is 1. The Balaban J connectivity index is 2.26. The van der Waals surface area contributed by atoms with Crippen molar-refractivity contribution in [1.82, 2.24) is 4.98 Å². The number of aromatic nitrogens is 1. The molecule has 1 aromatic heterocycles. The predicted molar refractivity (Wildman–Crippen MR) is 74.6 cm³/mol. The van der Waals surface area contributed by atoms with Gasteiger partial charge in [0.15, 0.2) is 0 Å². The van der Waals surface area contributed by atoms with Crippen LogP contribution in [-0.4, -0.2) is 11.6 Å². The lowest BCUT2D eigenvalue weighted by Gasteiger charge is -2.09. The van der Waals surface area contributed by atoms with Crippen LogP contribution in [0.15, 0.2) is 43.0 Å². The summed E-state index contributed by atoms with van der Waals surface area (Å²) in [5, 5.41) is 2.15. The molecular formula is C15H18N2O. The van der Waals surface area contributed by atoms with E-state index >= 15 is 0 Å². The Morgan fingerprint density at radius 2 is 2.17 bits per heavy atom. The van der Waals surface area contributed by atoms with Gasteiger partial charge >= 0.3 is 0 Å². The summed E-state index contributed by atoms with van der Waals surface area (Å²) in [7, 11) is 0. The SMILES string of the molecule is C=CCCCOc1nc(CN)cc2ccccc12. The lowest BCUT2D eigenvalue weighted by molar-refractivity contribution is 0.303. The third-order valence-corrected chi connectivity index (χ3v) is 2.76. The van der Waals surface area contributed by atoms with Gasteiger partial charge in [0, 0.05) is 11.9 Å². The van der Waals surface area contributed by atoms with E-state index in [2.05, 4.69) is 11.6 Å². The Hall–Kier alpha value is -1.87. The fourth-order valence-corrected chi connectivity index (χ4v) is 1.83. The number of unbranched alkanes of at least 4 members (excludes halogenated alkanes) is 1. The van der Waals surface area contributed by atoms with E-state index in [1.54, 1.807) is 0 Å². The molecule has 0 amide bonds. The van der Waals surface area contributed by atoms with Crippen LogP contribution < -0.4 is 10.5 Å². The summed E-state index contributed by atoms with van der Waals surface area (Å²) in [4.78, 5) is 4.44. The van der Waals surface area contributed by atoms with Crippen LogP contribution >= 0.6 is 0 Å². The summed E-state index contributed by atoms with van der Waals surface area (Å²) in [6, 6.07) is 10.1. The van der Waals surface area contributed by atoms with Gasteiger partial charge in [-0.3, -0.25) is 0 Å². The molecule has 1 aromatic carbocycles. The summed E-state index contributed by atoms with van der Waals surface area (Å²) in [6.07, 6.45) is 3.80. The number of nitrogens with two attached hydrogens (primary N) is 1. The van der Waals surface area contributed by atoms with Gasteiger partial charge in [0.25, 0.3) is 0 Å². The van der Waals surface area contributed by atoms with E-state index in [0.29, 0.717) is 19.0 Å². The molecule has 0 saturated heterocycles. The molecule has 0 spiro atoms. The number of hydrogen-bond donors (Lipinski definition) is 1. The molecular weight excluding hydrogens is 224 g/mol. The van der Waals surface area contributed by atoms with Gasteiger partial charge in [-0.25, -0.2) is 4.98 Å². The molecule has 0 atom stereocenters. The van der Waals surface area contributed by atoms with Gasteiger partial charge in [0.1, 0.15) is 0 Å². The van der Waals surface area contributed by atoms with E-state index < -0.39 is 0 Å². The second-order valence-electron chi connectivity index (χ2n) is 4.12. The third-order valence-electron chi connectivity index (χ3n) is 2.76. The van der Waals surface area contributed by atoms with E-state index in [9.17, 15) is 0 Å². The fraction of sp³-hybridized carbons (Fsp3) is 0.267. The Kier molecular flexibility index (Phi) is 4.31. The molecule has 94 valence electrons. The first kappa shape index (κ1) is 12.6. The molecule has 0 fully saturated rings. The summed E-state index contributed by atoms with van der Waals surface area (Å²) < 4.78 is 5.75. The van der Waals surface area contributed by atoms with E-state index in [1.807, 2.05) is 36.4 Å². The second kappa shape index (κ2) is 6.17. The average molecular weight is 242 g/mol. The average Bonchev–Trinajstić information content (AvgIpc) is 2.43. The zero-order chi connectivity index (χ0) is 12.8. The topological polar surface area (TPSA) is 48.1 Å². The van der Waals surface area contributed by atoms with Gasteiger partial charge in [0.05, 0.1) is 12.3 Å². The van der Waals surface area contributed by atoms with Crippen molar-refractivity contribution in [2.45, 2.75) is 19.4 Å². The van der Waals surface area contributed by atoms with E-state index in [4.69, 9.17) is 10.5 Å². The summed E-state index contributed by atoms with van der Waals surface area (Å²) in [6.45, 7) is 4.77. The van der Waals surface area contributed by atoms with Crippen LogP contribution in [-0.2, 0) is 6.54 Å². The zero-order valence-corrected chi connectivity index (χ0v) is 10.4. The Bertz CT molecular complexity index is 537. The lowest BCUT2D eigenvalue weighted by Crippen LogP contribution is -2.04. The van der Waals surface area contributed by atoms with E-state index in [-0.39, 0.29) is 0 Å². The lowest BCUT2D eigenvalue weighted by atomic mass is 10.1. The Morgan fingerprint density at radius 1 is 1.33 bits per heavy atom. The van der Waals surface area contributed by atoms with Crippen molar-refractivity contribution in [2.24, 2.45) is 5.73 Å². The van der Waals surface area contributed by atoms with Crippen molar-refractivity contribution < 1.29 is 4.74 Å². The molecule has 1 heterocycles. The molecule has 2 rings (SSSR count). The summed E-state index contributed by atoms with van der Waals surface area (Å²) >= 11 is 0. The largest absolute Gasteiger partial charge is 0.477 e. The first-order chi connectivity index (χ1) is 8.85. The molecule has 0 bridgehead atoms. The van der Waals surface area contributed by atoms with Gasteiger partial charge in [0.2, 0.25) is 5.88 Å². The Labute approximate surface area is 107 Å². The van der Waals surface area contributed by atoms with Crippen LogP contribution in [0.3, 0.4) is 0 Å². The zero-order valence-electron chi connectivity index (χ0n) is 10.4. The first-order valence-electron chi connectivity index (χ1n) is 6.17. The number of ether oxygens (including phenoxy) is 1. The Morgan fingerprint density at radius 3 is 2.94 bits per heavy atom. The summed E-state index contributed by atoms with van der Waals surface area (Å²) in [5.41, 5.74) is 6.51. The summed E-state index contributed by atoms with van der Waals surface area (Å²) in [5.74, 6) is 0.678. The van der Waals surface area contributed by atoms with E-state index in [1.165, 1.54) is 0 Å². The molecule has 0 aliphatic heterocycles. The van der Waals surface area contributed by atoms with Crippen molar-refractivity contribution in [3.8, 4) is 5.88 Å². The van der Waals surface area contributed by atoms with Crippen LogP contribution in [0, 0.1) is 0 Å². The number of rotatable bonds is 6. The highest BCUT2D eigenvalue weighted by atomic mass is 16.5. The van der Waals surface area contributed by atoms with Gasteiger partial charge in [-0.05, 0) is 30.4 Å². The minimum absolute atomic E-state index is 0.424. The van der Waals surface area contributed by atoms with Gasteiger partial charge < -0.3 is 10.5 Å². The van der Waals surface area contributed by atoms with Crippen molar-refractivity contribution >= 4 is 10.8 Å². The van der Waals surface area contributed by atoms with Crippen molar-refractivity contribution in [2.75, 3.05) is 6.61 Å². The molecule has 0 aliphatic rings. The fourth-order valence-electron chi connectivity index (χ4n) is 1.83. The monoisotopic (exact) mass is 242 g/mol. The van der Waals surface area contributed by atoms with Crippen LogP contribution in [0.25, 0.3) is 10.8 Å². The molecule has 18 heavy (non-hydrogen) atoms. The van der Waals surface area contributed by atoms with Crippen LogP contribution in [0.4, 0.5) is 0 Å².